The Kier molecular flexibility index (Phi) is 5.49. The molecule has 0 aromatic heterocycles. The molecule has 0 radical (unpaired) electrons. The lowest BCUT2D eigenvalue weighted by Crippen LogP contribution is -2.15. The van der Waals surface area contributed by atoms with Gasteiger partial charge in [-0.05, 0) is 24.1 Å². The standard InChI is InChI=1S/C12H12Br2O4/c1-6(14)10(15)7-2-3-8(5-13)9(4-7)11(16)12(17)18/h2-4,6,11,16H,5H2,1H3,(H,17,18). The maximum Gasteiger partial charge on any atom is 0.337 e. The first-order chi connectivity index (χ1) is 8.38. The third-order valence-corrected chi connectivity index (χ3v) is 3.48. The number of aliphatic hydroxyl groups excluding tert-OH is 1. The summed E-state index contributed by atoms with van der Waals surface area (Å²) in [5.41, 5.74) is 1.25. The van der Waals surface area contributed by atoms with Crippen molar-refractivity contribution in [3.8, 4) is 0 Å². The fraction of sp³-hybridized carbons (Fsp3) is 0.333. The van der Waals surface area contributed by atoms with Crippen molar-refractivity contribution >= 4 is 43.6 Å². The number of aliphatic hydroxyl groups is 1. The zero-order valence-electron chi connectivity index (χ0n) is 9.56. The van der Waals surface area contributed by atoms with Crippen molar-refractivity contribution < 1.29 is 19.8 Å². The Morgan fingerprint density at radius 2 is 2.00 bits per heavy atom. The first-order valence-electron chi connectivity index (χ1n) is 5.16. The van der Waals surface area contributed by atoms with Gasteiger partial charge in [0.15, 0.2) is 11.9 Å². The van der Waals surface area contributed by atoms with E-state index in [1.165, 1.54) is 6.07 Å². The van der Waals surface area contributed by atoms with Crippen molar-refractivity contribution in [3.63, 3.8) is 0 Å². The number of carbonyl (C=O) groups is 2. The zero-order valence-corrected chi connectivity index (χ0v) is 12.7. The minimum atomic E-state index is -1.63. The molecule has 1 aromatic rings. The molecule has 0 aliphatic heterocycles. The van der Waals surface area contributed by atoms with Crippen molar-refractivity contribution in [2.45, 2.75) is 23.2 Å². The van der Waals surface area contributed by atoms with Crippen LogP contribution in [-0.2, 0) is 10.1 Å². The Hall–Kier alpha value is -0.720. The number of ketones is 1. The molecule has 0 saturated carbocycles. The lowest BCUT2D eigenvalue weighted by atomic mass is 9.98. The highest BCUT2D eigenvalue weighted by molar-refractivity contribution is 9.10. The number of hydrogen-bond acceptors (Lipinski definition) is 3. The summed E-state index contributed by atoms with van der Waals surface area (Å²) < 4.78 is 0. The third-order valence-electron chi connectivity index (χ3n) is 2.46. The zero-order chi connectivity index (χ0) is 13.9. The Morgan fingerprint density at radius 3 is 2.44 bits per heavy atom. The van der Waals surface area contributed by atoms with Crippen LogP contribution < -0.4 is 0 Å². The van der Waals surface area contributed by atoms with Crippen LogP contribution in [-0.4, -0.2) is 26.8 Å². The predicted octanol–water partition coefficient (Wildman–Crippen LogP) is 2.67. The lowest BCUT2D eigenvalue weighted by Gasteiger charge is -2.13. The summed E-state index contributed by atoms with van der Waals surface area (Å²) in [5.74, 6) is -1.50. The van der Waals surface area contributed by atoms with Crippen molar-refractivity contribution in [1.29, 1.82) is 0 Å². The fourth-order valence-electron chi connectivity index (χ4n) is 1.49. The van der Waals surface area contributed by atoms with Gasteiger partial charge < -0.3 is 10.2 Å². The molecule has 98 valence electrons. The number of hydrogen-bond donors (Lipinski definition) is 2. The van der Waals surface area contributed by atoms with Crippen molar-refractivity contribution in [3.05, 3.63) is 34.9 Å². The Balaban J connectivity index is 3.25. The molecule has 6 heteroatoms. The van der Waals surface area contributed by atoms with Crippen LogP contribution in [0.2, 0.25) is 0 Å². The molecular weight excluding hydrogens is 368 g/mol. The van der Waals surface area contributed by atoms with Crippen LogP contribution in [0.3, 0.4) is 0 Å². The highest BCUT2D eigenvalue weighted by atomic mass is 79.9. The normalized spacial score (nSPS) is 14.0. The summed E-state index contributed by atoms with van der Waals surface area (Å²) in [6.07, 6.45) is -1.63. The topological polar surface area (TPSA) is 74.6 Å². The Bertz CT molecular complexity index is 471. The van der Waals surface area contributed by atoms with Crippen LogP contribution in [0.1, 0.15) is 34.5 Å². The van der Waals surface area contributed by atoms with Crippen molar-refractivity contribution in [2.24, 2.45) is 0 Å². The molecule has 0 heterocycles. The molecule has 0 fully saturated rings. The minimum absolute atomic E-state index is 0.157. The molecule has 4 nitrogen and oxygen atoms in total. The average Bonchev–Trinajstić information content (AvgIpc) is 2.35. The van der Waals surface area contributed by atoms with Crippen LogP contribution in [0.15, 0.2) is 18.2 Å². The molecule has 2 N–H and O–H groups in total. The van der Waals surface area contributed by atoms with Gasteiger partial charge in [0.05, 0.1) is 4.83 Å². The first-order valence-corrected chi connectivity index (χ1v) is 7.20. The van der Waals surface area contributed by atoms with Crippen LogP contribution in [0, 0.1) is 0 Å². The summed E-state index contributed by atoms with van der Waals surface area (Å²) in [4.78, 5) is 22.3. The number of carbonyl (C=O) groups excluding carboxylic acids is 1. The number of benzene rings is 1. The van der Waals surface area contributed by atoms with E-state index >= 15 is 0 Å². The molecule has 0 spiro atoms. The van der Waals surface area contributed by atoms with Gasteiger partial charge in [-0.25, -0.2) is 4.79 Å². The van der Waals surface area contributed by atoms with Gasteiger partial charge in [-0.1, -0.05) is 44.0 Å². The molecule has 18 heavy (non-hydrogen) atoms. The summed E-state index contributed by atoms with van der Waals surface area (Å²) in [6, 6.07) is 4.68. The Morgan fingerprint density at radius 1 is 1.39 bits per heavy atom. The third kappa shape index (κ3) is 3.40. The molecule has 0 saturated heterocycles. The second kappa shape index (κ2) is 6.45. The smallest absolute Gasteiger partial charge is 0.337 e. The molecule has 2 atom stereocenters. The van der Waals surface area contributed by atoms with Gasteiger partial charge in [-0.15, -0.1) is 0 Å². The second-order valence-electron chi connectivity index (χ2n) is 3.77. The average molecular weight is 380 g/mol. The highest BCUT2D eigenvalue weighted by Gasteiger charge is 2.21. The van der Waals surface area contributed by atoms with Gasteiger partial charge in [0.2, 0.25) is 0 Å². The monoisotopic (exact) mass is 378 g/mol. The summed E-state index contributed by atoms with van der Waals surface area (Å²) >= 11 is 6.38. The van der Waals surface area contributed by atoms with Crippen molar-refractivity contribution in [2.75, 3.05) is 0 Å². The van der Waals surface area contributed by atoms with E-state index in [0.717, 1.165) is 0 Å². The maximum absolute atomic E-state index is 11.8. The van der Waals surface area contributed by atoms with E-state index in [0.29, 0.717) is 16.5 Å². The molecule has 2 unspecified atom stereocenters. The van der Waals surface area contributed by atoms with Crippen LogP contribution >= 0.6 is 31.9 Å². The van der Waals surface area contributed by atoms with E-state index in [2.05, 4.69) is 31.9 Å². The number of carboxylic acid groups (broad SMARTS) is 1. The summed E-state index contributed by atoms with van der Waals surface area (Å²) in [7, 11) is 0. The van der Waals surface area contributed by atoms with E-state index in [9.17, 15) is 14.7 Å². The SMILES string of the molecule is CC(Br)C(=O)c1ccc(CBr)c(C(O)C(=O)O)c1. The second-order valence-corrected chi connectivity index (χ2v) is 5.70. The minimum Gasteiger partial charge on any atom is -0.479 e. The number of rotatable bonds is 5. The van der Waals surface area contributed by atoms with Gasteiger partial charge in [0.25, 0.3) is 0 Å². The molecular formula is C12H12Br2O4. The van der Waals surface area contributed by atoms with Gasteiger partial charge in [-0.2, -0.15) is 0 Å². The number of alkyl halides is 2. The maximum atomic E-state index is 11.8. The summed E-state index contributed by atoms with van der Waals surface area (Å²) in [6.45, 7) is 1.69. The molecule has 0 bridgehead atoms. The lowest BCUT2D eigenvalue weighted by molar-refractivity contribution is -0.147. The molecule has 0 aliphatic carbocycles. The van der Waals surface area contributed by atoms with Crippen LogP contribution in [0.25, 0.3) is 0 Å². The van der Waals surface area contributed by atoms with Crippen LogP contribution in [0.4, 0.5) is 0 Å². The molecule has 0 amide bonds. The van der Waals surface area contributed by atoms with E-state index in [1.54, 1.807) is 19.1 Å². The fourth-order valence-corrected chi connectivity index (χ4v) is 2.26. The van der Waals surface area contributed by atoms with Gasteiger partial charge in [-0.3, -0.25) is 4.79 Å². The number of carboxylic acids is 1. The number of aliphatic carboxylic acids is 1. The van der Waals surface area contributed by atoms with E-state index in [4.69, 9.17) is 5.11 Å². The highest BCUT2D eigenvalue weighted by Crippen LogP contribution is 2.23. The van der Waals surface area contributed by atoms with Gasteiger partial charge in [0, 0.05) is 10.9 Å². The molecule has 1 aromatic carbocycles. The van der Waals surface area contributed by atoms with E-state index < -0.39 is 12.1 Å². The number of Topliss-reactive ketones (excluding diaryl/α,β-unsaturated/α-hetero) is 1. The predicted molar refractivity (Wildman–Crippen MR) is 74.4 cm³/mol. The van der Waals surface area contributed by atoms with Crippen LogP contribution in [0.5, 0.6) is 0 Å². The number of halogens is 2. The Labute approximate surface area is 121 Å². The van der Waals surface area contributed by atoms with E-state index in [1.807, 2.05) is 0 Å². The molecule has 0 aliphatic rings. The largest absolute Gasteiger partial charge is 0.479 e. The quantitative estimate of drug-likeness (QED) is 0.609. The van der Waals surface area contributed by atoms with Gasteiger partial charge >= 0.3 is 5.97 Å². The van der Waals surface area contributed by atoms with Gasteiger partial charge in [0.1, 0.15) is 0 Å². The first kappa shape index (κ1) is 15.3. The molecule has 1 rings (SSSR count). The van der Waals surface area contributed by atoms with E-state index in [-0.39, 0.29) is 16.2 Å². The summed E-state index contributed by atoms with van der Waals surface area (Å²) in [5, 5.41) is 18.9. The van der Waals surface area contributed by atoms with Crippen molar-refractivity contribution in [1.82, 2.24) is 0 Å².